The molecule has 5 nitrogen and oxygen atoms in total. The van der Waals surface area contributed by atoms with Crippen molar-refractivity contribution in [3.8, 4) is 0 Å². The van der Waals surface area contributed by atoms with Crippen LogP contribution in [-0.4, -0.2) is 26.6 Å². The third-order valence-corrected chi connectivity index (χ3v) is 5.19. The van der Waals surface area contributed by atoms with Crippen LogP contribution in [0.25, 0.3) is 0 Å². The molecule has 1 aliphatic rings. The second kappa shape index (κ2) is 6.94. The van der Waals surface area contributed by atoms with Crippen molar-refractivity contribution in [2.75, 3.05) is 13.6 Å². The molecular formula is C15H27N3O2S. The topological polar surface area (TPSA) is 63.1 Å². The standard InChI is InChI=1S/C15H27N3O2S/c1-12(2)5-4-8-17-21(19,20)15-9-14(10-16-3)18(11-15)13-6-7-13/h9,11-13,16-17H,4-8,10H2,1-3H3. The highest BCUT2D eigenvalue weighted by atomic mass is 32.2. The van der Waals surface area contributed by atoms with Crippen LogP contribution in [0.1, 0.15) is 51.3 Å². The van der Waals surface area contributed by atoms with E-state index in [0.29, 0.717) is 29.9 Å². The maximum Gasteiger partial charge on any atom is 0.242 e. The van der Waals surface area contributed by atoms with Gasteiger partial charge in [0.2, 0.25) is 10.0 Å². The molecule has 2 N–H and O–H groups in total. The molecule has 0 aromatic carbocycles. The van der Waals surface area contributed by atoms with E-state index in [-0.39, 0.29) is 0 Å². The lowest BCUT2D eigenvalue weighted by atomic mass is 10.1. The SMILES string of the molecule is CNCc1cc(S(=O)(=O)NCCCC(C)C)cn1C1CC1. The van der Waals surface area contributed by atoms with Crippen LogP contribution < -0.4 is 10.0 Å². The van der Waals surface area contributed by atoms with Gasteiger partial charge in [0, 0.05) is 31.0 Å². The van der Waals surface area contributed by atoms with Crippen LogP contribution in [0.2, 0.25) is 0 Å². The van der Waals surface area contributed by atoms with Gasteiger partial charge in [-0.1, -0.05) is 13.8 Å². The maximum atomic E-state index is 12.3. The molecule has 1 saturated carbocycles. The molecule has 0 spiro atoms. The third kappa shape index (κ3) is 4.56. The molecule has 1 heterocycles. The van der Waals surface area contributed by atoms with Crippen molar-refractivity contribution in [3.63, 3.8) is 0 Å². The van der Waals surface area contributed by atoms with Gasteiger partial charge in [0.25, 0.3) is 0 Å². The molecule has 0 atom stereocenters. The number of sulfonamides is 1. The molecule has 0 unspecified atom stereocenters. The van der Waals surface area contributed by atoms with Crippen molar-refractivity contribution in [2.24, 2.45) is 5.92 Å². The first-order chi connectivity index (χ1) is 9.94. The molecule has 1 aromatic heterocycles. The Balaban J connectivity index is 2.03. The predicted molar refractivity (Wildman–Crippen MR) is 84.7 cm³/mol. The summed E-state index contributed by atoms with van der Waals surface area (Å²) < 4.78 is 29.5. The van der Waals surface area contributed by atoms with Gasteiger partial charge in [-0.05, 0) is 44.7 Å². The Morgan fingerprint density at radius 3 is 2.67 bits per heavy atom. The molecule has 21 heavy (non-hydrogen) atoms. The Morgan fingerprint density at radius 1 is 1.38 bits per heavy atom. The third-order valence-electron chi connectivity index (χ3n) is 3.77. The van der Waals surface area contributed by atoms with Crippen molar-refractivity contribution in [1.29, 1.82) is 0 Å². The molecule has 120 valence electrons. The van der Waals surface area contributed by atoms with Gasteiger partial charge in [0.15, 0.2) is 0 Å². The highest BCUT2D eigenvalue weighted by molar-refractivity contribution is 7.89. The molecule has 0 saturated heterocycles. The number of hydrogen-bond donors (Lipinski definition) is 2. The van der Waals surface area contributed by atoms with Crippen molar-refractivity contribution in [2.45, 2.75) is 57.0 Å². The quantitative estimate of drug-likeness (QED) is 0.687. The minimum atomic E-state index is -3.38. The Morgan fingerprint density at radius 2 is 2.10 bits per heavy atom. The van der Waals surface area contributed by atoms with Gasteiger partial charge >= 0.3 is 0 Å². The second-order valence-corrected chi connectivity index (χ2v) is 8.04. The lowest BCUT2D eigenvalue weighted by Gasteiger charge is -2.06. The van der Waals surface area contributed by atoms with E-state index in [2.05, 4.69) is 28.5 Å². The fourth-order valence-electron chi connectivity index (χ4n) is 2.46. The molecule has 0 aliphatic heterocycles. The zero-order valence-corrected chi connectivity index (χ0v) is 14.0. The van der Waals surface area contributed by atoms with Gasteiger partial charge in [0.05, 0.1) is 4.90 Å². The zero-order valence-electron chi connectivity index (χ0n) is 13.2. The van der Waals surface area contributed by atoms with E-state index in [1.54, 1.807) is 12.3 Å². The minimum absolute atomic E-state index is 0.393. The minimum Gasteiger partial charge on any atom is -0.346 e. The Labute approximate surface area is 128 Å². The summed E-state index contributed by atoms with van der Waals surface area (Å²) in [6.07, 6.45) is 5.99. The van der Waals surface area contributed by atoms with E-state index in [1.165, 1.54) is 0 Å². The maximum absolute atomic E-state index is 12.3. The Hall–Kier alpha value is -0.850. The largest absolute Gasteiger partial charge is 0.346 e. The van der Waals surface area contributed by atoms with E-state index in [1.807, 2.05) is 7.05 Å². The van der Waals surface area contributed by atoms with Crippen molar-refractivity contribution >= 4 is 10.0 Å². The monoisotopic (exact) mass is 313 g/mol. The number of aromatic nitrogens is 1. The number of rotatable bonds is 9. The van der Waals surface area contributed by atoms with Crippen LogP contribution in [0.15, 0.2) is 17.2 Å². The summed E-state index contributed by atoms with van der Waals surface area (Å²) in [5, 5.41) is 3.10. The summed E-state index contributed by atoms with van der Waals surface area (Å²) in [6.45, 7) is 5.50. The highest BCUT2D eigenvalue weighted by Gasteiger charge is 2.27. The van der Waals surface area contributed by atoms with Crippen molar-refractivity contribution in [3.05, 3.63) is 18.0 Å². The summed E-state index contributed by atoms with van der Waals surface area (Å²) in [4.78, 5) is 0.393. The highest BCUT2D eigenvalue weighted by Crippen LogP contribution is 2.37. The average Bonchev–Trinajstić information content (AvgIpc) is 3.16. The molecule has 1 fully saturated rings. The van der Waals surface area contributed by atoms with Crippen LogP contribution in [0, 0.1) is 5.92 Å². The van der Waals surface area contributed by atoms with Gasteiger partial charge in [-0.15, -0.1) is 0 Å². The van der Waals surface area contributed by atoms with Gasteiger partial charge in [-0.25, -0.2) is 13.1 Å². The van der Waals surface area contributed by atoms with Crippen LogP contribution in [0.5, 0.6) is 0 Å². The summed E-state index contributed by atoms with van der Waals surface area (Å²) in [6, 6.07) is 2.28. The first-order valence-corrected chi connectivity index (χ1v) is 9.27. The summed E-state index contributed by atoms with van der Waals surface area (Å²) >= 11 is 0. The van der Waals surface area contributed by atoms with Gasteiger partial charge in [-0.2, -0.15) is 0 Å². The normalized spacial score (nSPS) is 15.8. The summed E-state index contributed by atoms with van der Waals surface area (Å²) in [7, 11) is -1.50. The fourth-order valence-corrected chi connectivity index (χ4v) is 3.58. The fraction of sp³-hybridized carbons (Fsp3) is 0.733. The second-order valence-electron chi connectivity index (χ2n) is 6.27. The molecule has 2 rings (SSSR count). The van der Waals surface area contributed by atoms with E-state index in [4.69, 9.17) is 0 Å². The molecule has 1 aliphatic carbocycles. The molecule has 0 radical (unpaired) electrons. The lowest BCUT2D eigenvalue weighted by molar-refractivity contribution is 0.539. The van der Waals surface area contributed by atoms with Crippen LogP contribution >= 0.6 is 0 Å². The van der Waals surface area contributed by atoms with Gasteiger partial charge in [0.1, 0.15) is 0 Å². The van der Waals surface area contributed by atoms with Crippen molar-refractivity contribution < 1.29 is 8.42 Å². The molecule has 0 bridgehead atoms. The molecular weight excluding hydrogens is 286 g/mol. The van der Waals surface area contributed by atoms with Crippen molar-refractivity contribution in [1.82, 2.24) is 14.6 Å². The first kappa shape index (κ1) is 16.5. The molecule has 1 aromatic rings. The summed E-state index contributed by atoms with van der Waals surface area (Å²) in [5.74, 6) is 0.604. The van der Waals surface area contributed by atoms with Crippen LogP contribution in [-0.2, 0) is 16.6 Å². The van der Waals surface area contributed by atoms with Gasteiger partial charge in [-0.3, -0.25) is 0 Å². The van der Waals surface area contributed by atoms with E-state index < -0.39 is 10.0 Å². The number of hydrogen-bond acceptors (Lipinski definition) is 3. The van der Waals surface area contributed by atoms with Crippen LogP contribution in [0.4, 0.5) is 0 Å². The molecule has 6 heteroatoms. The zero-order chi connectivity index (χ0) is 15.5. The van der Waals surface area contributed by atoms with Gasteiger partial charge < -0.3 is 9.88 Å². The first-order valence-electron chi connectivity index (χ1n) is 7.79. The van der Waals surface area contributed by atoms with Crippen LogP contribution in [0.3, 0.4) is 0 Å². The Bertz CT molecular complexity index is 559. The van der Waals surface area contributed by atoms with E-state index in [0.717, 1.165) is 31.4 Å². The predicted octanol–water partition coefficient (Wildman–Crippen LogP) is 2.26. The lowest BCUT2D eigenvalue weighted by Crippen LogP contribution is -2.24. The summed E-state index contributed by atoms with van der Waals surface area (Å²) in [5.41, 5.74) is 1.04. The Kier molecular flexibility index (Phi) is 5.46. The van der Waals surface area contributed by atoms with E-state index in [9.17, 15) is 8.42 Å². The average molecular weight is 313 g/mol. The smallest absolute Gasteiger partial charge is 0.242 e. The molecule has 0 amide bonds. The number of nitrogens with one attached hydrogen (secondary N) is 2. The number of nitrogens with zero attached hydrogens (tertiary/aromatic N) is 1. The van der Waals surface area contributed by atoms with E-state index >= 15 is 0 Å².